The first kappa shape index (κ1) is 15.5. The van der Waals surface area contributed by atoms with Gasteiger partial charge in [-0.05, 0) is 30.2 Å². The summed E-state index contributed by atoms with van der Waals surface area (Å²) in [6.07, 6.45) is 0. The predicted molar refractivity (Wildman–Crippen MR) is 85.1 cm³/mol. The Hall–Kier alpha value is -1.86. The number of aliphatic carboxylic acids is 1. The van der Waals surface area contributed by atoms with Gasteiger partial charge in [-0.1, -0.05) is 36.1 Å². The summed E-state index contributed by atoms with van der Waals surface area (Å²) in [4.78, 5) is 24.6. The summed E-state index contributed by atoms with van der Waals surface area (Å²) in [5.74, 6) is -0.722. The number of carboxylic acid groups (broad SMARTS) is 1. The molecule has 1 aromatic carbocycles. The van der Waals surface area contributed by atoms with Crippen molar-refractivity contribution >= 4 is 45.7 Å². The van der Waals surface area contributed by atoms with E-state index in [1.54, 1.807) is 19.2 Å². The van der Waals surface area contributed by atoms with Gasteiger partial charge in [-0.2, -0.15) is 0 Å². The number of carboxylic acids is 1. The van der Waals surface area contributed by atoms with Gasteiger partial charge in [0.25, 0.3) is 5.91 Å². The van der Waals surface area contributed by atoms with E-state index in [1.165, 1.54) is 0 Å². The minimum atomic E-state index is -1.09. The molecule has 5 nitrogen and oxygen atoms in total. The van der Waals surface area contributed by atoms with E-state index in [4.69, 9.17) is 22.1 Å². The molecule has 1 saturated heterocycles. The lowest BCUT2D eigenvalue weighted by Crippen LogP contribution is -2.33. The third-order valence-corrected chi connectivity index (χ3v) is 4.56. The maximum absolute atomic E-state index is 12.3. The molecule has 0 saturated carbocycles. The van der Waals surface area contributed by atoms with Crippen LogP contribution in [0.25, 0.3) is 5.57 Å². The van der Waals surface area contributed by atoms with E-state index in [0.717, 1.165) is 33.5 Å². The van der Waals surface area contributed by atoms with E-state index in [2.05, 4.69) is 0 Å². The van der Waals surface area contributed by atoms with E-state index < -0.39 is 12.5 Å². The first-order valence-corrected chi connectivity index (χ1v) is 7.27. The van der Waals surface area contributed by atoms with Crippen LogP contribution < -0.4 is 4.74 Å². The largest absolute Gasteiger partial charge is 0.497 e. The zero-order valence-electron chi connectivity index (χ0n) is 11.5. The van der Waals surface area contributed by atoms with Crippen LogP contribution in [0.5, 0.6) is 5.75 Å². The summed E-state index contributed by atoms with van der Waals surface area (Å²) in [6.45, 7) is 1.40. The van der Waals surface area contributed by atoms with Crippen molar-refractivity contribution in [3.8, 4) is 5.75 Å². The topological polar surface area (TPSA) is 66.8 Å². The van der Waals surface area contributed by atoms with Gasteiger partial charge in [-0.3, -0.25) is 14.5 Å². The van der Waals surface area contributed by atoms with Crippen molar-refractivity contribution in [2.75, 3.05) is 13.7 Å². The number of amides is 1. The van der Waals surface area contributed by atoms with Crippen LogP contribution in [0.1, 0.15) is 12.5 Å². The minimum absolute atomic E-state index is 0.269. The van der Waals surface area contributed by atoms with E-state index in [-0.39, 0.29) is 10.2 Å². The molecule has 0 spiro atoms. The number of hydrogen-bond donors (Lipinski definition) is 1. The van der Waals surface area contributed by atoms with Gasteiger partial charge in [0.05, 0.1) is 12.0 Å². The summed E-state index contributed by atoms with van der Waals surface area (Å²) in [6, 6.07) is 7.30. The lowest BCUT2D eigenvalue weighted by Gasteiger charge is -2.11. The molecule has 0 bridgehead atoms. The molecule has 1 aliphatic rings. The average molecular weight is 323 g/mol. The average Bonchev–Trinajstić information content (AvgIpc) is 2.74. The Balaban J connectivity index is 2.32. The number of hydrogen-bond acceptors (Lipinski definition) is 5. The molecule has 1 heterocycles. The Morgan fingerprint density at radius 3 is 2.52 bits per heavy atom. The third kappa shape index (κ3) is 3.25. The summed E-state index contributed by atoms with van der Waals surface area (Å²) in [5.41, 5.74) is 1.63. The quantitative estimate of drug-likeness (QED) is 0.678. The van der Waals surface area contributed by atoms with Gasteiger partial charge in [0, 0.05) is 0 Å². The van der Waals surface area contributed by atoms with Crippen LogP contribution in [0.2, 0.25) is 0 Å². The molecule has 1 fully saturated rings. The standard InChI is InChI=1S/C14H13NO4S2/c1-8(9-3-5-10(19-2)6-4-9)12-13(18)15(7-11(16)17)14(20)21-12/h3-6H,7H2,1-2H3,(H,16,17). The van der Waals surface area contributed by atoms with Gasteiger partial charge in [0.1, 0.15) is 16.6 Å². The van der Waals surface area contributed by atoms with Crippen LogP contribution in [0.15, 0.2) is 29.2 Å². The van der Waals surface area contributed by atoms with Crippen molar-refractivity contribution in [2.24, 2.45) is 0 Å². The molecule has 110 valence electrons. The number of methoxy groups -OCH3 is 1. The van der Waals surface area contributed by atoms with Gasteiger partial charge in [0.2, 0.25) is 0 Å². The molecule has 7 heteroatoms. The van der Waals surface area contributed by atoms with Crippen molar-refractivity contribution in [2.45, 2.75) is 6.92 Å². The molecular formula is C14H13NO4S2. The zero-order chi connectivity index (χ0) is 15.6. The number of ether oxygens (including phenoxy) is 1. The maximum atomic E-state index is 12.3. The number of carbonyl (C=O) groups excluding carboxylic acids is 1. The summed E-state index contributed by atoms with van der Waals surface area (Å²) >= 11 is 6.20. The first-order chi connectivity index (χ1) is 9.93. The zero-order valence-corrected chi connectivity index (χ0v) is 13.1. The van der Waals surface area contributed by atoms with Crippen molar-refractivity contribution in [1.82, 2.24) is 4.90 Å². The molecule has 0 radical (unpaired) electrons. The monoisotopic (exact) mass is 323 g/mol. The summed E-state index contributed by atoms with van der Waals surface area (Å²) in [5, 5.41) is 8.82. The lowest BCUT2D eigenvalue weighted by atomic mass is 10.1. The van der Waals surface area contributed by atoms with Gasteiger partial charge in [-0.25, -0.2) is 0 Å². The highest BCUT2D eigenvalue weighted by Crippen LogP contribution is 2.36. The fourth-order valence-corrected chi connectivity index (χ4v) is 3.17. The number of rotatable bonds is 4. The van der Waals surface area contributed by atoms with Crippen molar-refractivity contribution in [3.63, 3.8) is 0 Å². The Morgan fingerprint density at radius 2 is 2.00 bits per heavy atom. The van der Waals surface area contributed by atoms with E-state index in [9.17, 15) is 9.59 Å². The second-order valence-corrected chi connectivity index (χ2v) is 5.98. The highest BCUT2D eigenvalue weighted by molar-refractivity contribution is 8.26. The Labute approximate surface area is 131 Å². The number of allylic oxidation sites excluding steroid dienone is 1. The van der Waals surface area contributed by atoms with Gasteiger partial charge in [-0.15, -0.1) is 0 Å². The third-order valence-electron chi connectivity index (χ3n) is 3.01. The van der Waals surface area contributed by atoms with Crippen molar-refractivity contribution in [3.05, 3.63) is 34.7 Å². The lowest BCUT2D eigenvalue weighted by molar-refractivity contribution is -0.140. The van der Waals surface area contributed by atoms with Crippen LogP contribution in [0.3, 0.4) is 0 Å². The van der Waals surface area contributed by atoms with Gasteiger partial charge >= 0.3 is 5.97 Å². The molecule has 1 aromatic rings. The first-order valence-electron chi connectivity index (χ1n) is 6.04. The molecule has 0 unspecified atom stereocenters. The van der Waals surface area contributed by atoms with Crippen LogP contribution in [-0.2, 0) is 9.59 Å². The van der Waals surface area contributed by atoms with Gasteiger partial charge < -0.3 is 9.84 Å². The maximum Gasteiger partial charge on any atom is 0.323 e. The number of thiocarbonyl (C=S) groups is 1. The summed E-state index contributed by atoms with van der Waals surface area (Å²) in [7, 11) is 1.58. The van der Waals surface area contributed by atoms with Gasteiger partial charge in [0.15, 0.2) is 0 Å². The molecule has 0 aromatic heterocycles. The van der Waals surface area contributed by atoms with E-state index >= 15 is 0 Å². The van der Waals surface area contributed by atoms with Crippen molar-refractivity contribution < 1.29 is 19.4 Å². The Morgan fingerprint density at radius 1 is 1.38 bits per heavy atom. The number of carbonyl (C=O) groups is 2. The van der Waals surface area contributed by atoms with Crippen LogP contribution in [0, 0.1) is 0 Å². The molecule has 0 atom stereocenters. The second-order valence-electron chi connectivity index (χ2n) is 4.34. The van der Waals surface area contributed by atoms with E-state index in [1.807, 2.05) is 19.1 Å². The molecule has 0 aliphatic carbocycles. The molecule has 1 amide bonds. The smallest absolute Gasteiger partial charge is 0.323 e. The highest BCUT2D eigenvalue weighted by atomic mass is 32.2. The van der Waals surface area contributed by atoms with Crippen LogP contribution in [-0.4, -0.2) is 39.9 Å². The van der Waals surface area contributed by atoms with Crippen LogP contribution >= 0.6 is 24.0 Å². The molecule has 1 N–H and O–H groups in total. The van der Waals surface area contributed by atoms with Crippen molar-refractivity contribution in [1.29, 1.82) is 0 Å². The molecular weight excluding hydrogens is 310 g/mol. The number of thioether (sulfide) groups is 1. The number of benzene rings is 1. The Kier molecular flexibility index (Phi) is 4.64. The second kappa shape index (κ2) is 6.28. The fraction of sp³-hybridized carbons (Fsp3) is 0.214. The molecule has 1 aliphatic heterocycles. The number of nitrogens with zero attached hydrogens (tertiary/aromatic N) is 1. The molecule has 21 heavy (non-hydrogen) atoms. The normalized spacial score (nSPS) is 17.1. The molecule has 2 rings (SSSR count). The van der Waals surface area contributed by atoms with E-state index in [0.29, 0.717) is 4.91 Å². The fourth-order valence-electron chi connectivity index (χ4n) is 1.87. The van der Waals surface area contributed by atoms with Crippen LogP contribution in [0.4, 0.5) is 0 Å². The minimum Gasteiger partial charge on any atom is -0.497 e. The Bertz CT molecular complexity index is 637. The summed E-state index contributed by atoms with van der Waals surface area (Å²) < 4.78 is 5.36. The SMILES string of the molecule is COc1ccc(C(C)=C2SC(=S)N(CC(=O)O)C2=O)cc1. The predicted octanol–water partition coefficient (Wildman–Crippen LogP) is 2.37. The highest BCUT2D eigenvalue weighted by Gasteiger charge is 2.34.